The van der Waals surface area contributed by atoms with Gasteiger partial charge in [0, 0.05) is 23.1 Å². The molecule has 12 heteroatoms. The molecule has 10 nitrogen and oxygen atoms in total. The molecule has 0 aliphatic rings. The van der Waals surface area contributed by atoms with E-state index in [-0.39, 0.29) is 40.0 Å². The first-order chi connectivity index (χ1) is 15.9. The summed E-state index contributed by atoms with van der Waals surface area (Å²) in [4.78, 5) is 39.7. The van der Waals surface area contributed by atoms with E-state index in [1.54, 1.807) is 12.1 Å². The molecule has 2 heterocycles. The van der Waals surface area contributed by atoms with Gasteiger partial charge in [-0.2, -0.15) is 16.3 Å². The highest BCUT2D eigenvalue weighted by molar-refractivity contribution is 7.08. The second kappa shape index (κ2) is 9.59. The van der Waals surface area contributed by atoms with Crippen molar-refractivity contribution < 1.29 is 23.8 Å². The molecule has 1 N–H and O–H groups in total. The number of benzene rings is 2. The number of aromatic nitrogens is 2. The van der Waals surface area contributed by atoms with E-state index < -0.39 is 16.8 Å². The Labute approximate surface area is 194 Å². The van der Waals surface area contributed by atoms with Gasteiger partial charge in [0.15, 0.2) is 6.61 Å². The summed E-state index contributed by atoms with van der Waals surface area (Å²) in [6.45, 7) is -0.258. The van der Waals surface area contributed by atoms with Crippen LogP contribution >= 0.6 is 22.9 Å². The van der Waals surface area contributed by atoms with Crippen LogP contribution in [0, 0.1) is 10.1 Å². The third-order valence-corrected chi connectivity index (χ3v) is 5.37. The Morgan fingerprint density at radius 3 is 2.73 bits per heavy atom. The van der Waals surface area contributed by atoms with Gasteiger partial charge in [-0.3, -0.25) is 14.9 Å². The number of carbonyl (C=O) groups is 2. The lowest BCUT2D eigenvalue weighted by Gasteiger charge is -2.11. The predicted octanol–water partition coefficient (Wildman–Crippen LogP) is 4.97. The Kier molecular flexibility index (Phi) is 6.43. The topological polar surface area (TPSA) is 137 Å². The van der Waals surface area contributed by atoms with Crippen molar-refractivity contribution in [3.05, 3.63) is 91.4 Å². The zero-order valence-corrected chi connectivity index (χ0v) is 18.1. The maximum atomic E-state index is 12.6. The van der Waals surface area contributed by atoms with Crippen LogP contribution in [-0.4, -0.2) is 26.9 Å². The lowest BCUT2D eigenvalue weighted by atomic mass is 10.1. The molecule has 0 radical (unpaired) electrons. The van der Waals surface area contributed by atoms with Gasteiger partial charge in [0.2, 0.25) is 5.82 Å². The lowest BCUT2D eigenvalue weighted by molar-refractivity contribution is -0.384. The Balaban J connectivity index is 1.45. The Morgan fingerprint density at radius 1 is 1.18 bits per heavy atom. The Morgan fingerprint density at radius 2 is 2.00 bits per heavy atom. The molecule has 4 aromatic rings. The summed E-state index contributed by atoms with van der Waals surface area (Å²) in [5.74, 6) is -0.873. The molecule has 0 unspecified atom stereocenters. The summed E-state index contributed by atoms with van der Waals surface area (Å²) in [7, 11) is 0. The minimum Gasteiger partial charge on any atom is -0.452 e. The van der Waals surface area contributed by atoms with Gasteiger partial charge in [0.1, 0.15) is 0 Å². The summed E-state index contributed by atoms with van der Waals surface area (Å²) in [6, 6.07) is 11.5. The number of esters is 1. The molecule has 0 saturated heterocycles. The van der Waals surface area contributed by atoms with Crippen LogP contribution in [0.2, 0.25) is 5.02 Å². The molecule has 4 rings (SSSR count). The second-order valence-corrected chi connectivity index (χ2v) is 7.71. The van der Waals surface area contributed by atoms with Gasteiger partial charge < -0.3 is 14.6 Å². The maximum absolute atomic E-state index is 12.6. The summed E-state index contributed by atoms with van der Waals surface area (Å²) >= 11 is 7.50. The third-order valence-electron chi connectivity index (χ3n) is 4.38. The Bertz CT molecular complexity index is 1340. The average Bonchev–Trinajstić information content (AvgIpc) is 3.49. The van der Waals surface area contributed by atoms with E-state index in [9.17, 15) is 19.7 Å². The van der Waals surface area contributed by atoms with E-state index in [4.69, 9.17) is 20.9 Å². The highest BCUT2D eigenvalue weighted by Crippen LogP contribution is 2.25. The second-order valence-electron chi connectivity index (χ2n) is 6.52. The van der Waals surface area contributed by atoms with Crippen LogP contribution in [0.4, 0.5) is 11.4 Å². The van der Waals surface area contributed by atoms with Gasteiger partial charge in [-0.25, -0.2) is 4.79 Å². The van der Waals surface area contributed by atoms with Crippen molar-refractivity contribution in [2.24, 2.45) is 0 Å². The number of rotatable bonds is 7. The smallest absolute Gasteiger partial charge is 0.340 e. The molecule has 0 atom stereocenters. The number of nitro benzene ring substituents is 1. The van der Waals surface area contributed by atoms with Gasteiger partial charge in [0.25, 0.3) is 17.5 Å². The molecule has 1 amide bonds. The Hall–Kier alpha value is -4.09. The highest BCUT2D eigenvalue weighted by atomic mass is 35.5. The number of ether oxygens (including phenoxy) is 1. The fraction of sp³-hybridized carbons (Fsp3) is 0.0476. The van der Waals surface area contributed by atoms with E-state index in [0.717, 1.165) is 17.7 Å². The molecule has 166 valence electrons. The third kappa shape index (κ3) is 5.05. The minimum absolute atomic E-state index is 0.0113. The molecular weight excluding hydrogens is 472 g/mol. The quantitative estimate of drug-likeness (QED) is 0.220. The monoisotopic (exact) mass is 484 g/mol. The average molecular weight is 485 g/mol. The van der Waals surface area contributed by atoms with E-state index >= 15 is 0 Å². The highest BCUT2D eigenvalue weighted by Gasteiger charge is 2.19. The number of nitrogens with one attached hydrogen (secondary N) is 1. The van der Waals surface area contributed by atoms with Crippen LogP contribution in [-0.2, 0) is 11.3 Å². The van der Waals surface area contributed by atoms with Gasteiger partial charge in [0.05, 0.1) is 26.8 Å². The van der Waals surface area contributed by atoms with Crippen LogP contribution in [0.15, 0.2) is 63.8 Å². The van der Waals surface area contributed by atoms with Crippen molar-refractivity contribution in [2.75, 3.05) is 5.32 Å². The van der Waals surface area contributed by atoms with Gasteiger partial charge in [-0.15, -0.1) is 0 Å². The molecule has 0 bridgehead atoms. The molecule has 33 heavy (non-hydrogen) atoms. The minimum atomic E-state index is -0.726. The maximum Gasteiger partial charge on any atom is 0.340 e. The van der Waals surface area contributed by atoms with Gasteiger partial charge >= 0.3 is 5.97 Å². The fourth-order valence-electron chi connectivity index (χ4n) is 2.79. The molecule has 0 saturated carbocycles. The molecule has 0 fully saturated rings. The molecule has 0 aliphatic heterocycles. The van der Waals surface area contributed by atoms with Crippen LogP contribution in [0.3, 0.4) is 0 Å². The van der Waals surface area contributed by atoms with Crippen molar-refractivity contribution in [2.45, 2.75) is 6.61 Å². The van der Waals surface area contributed by atoms with Crippen LogP contribution in [0.1, 0.15) is 26.6 Å². The first kappa shape index (κ1) is 22.1. The van der Waals surface area contributed by atoms with Gasteiger partial charge in [-0.1, -0.05) is 28.9 Å². The number of halogens is 1. The van der Waals surface area contributed by atoms with Crippen LogP contribution in [0.25, 0.3) is 11.4 Å². The normalized spacial score (nSPS) is 10.6. The number of para-hydroxylation sites is 1. The van der Waals surface area contributed by atoms with E-state index in [0.29, 0.717) is 5.82 Å². The number of nitro groups is 1. The molecule has 0 aliphatic carbocycles. The largest absolute Gasteiger partial charge is 0.452 e. The van der Waals surface area contributed by atoms with Crippen LogP contribution in [0.5, 0.6) is 0 Å². The number of non-ortho nitro benzene ring substituents is 1. The summed E-state index contributed by atoms with van der Waals surface area (Å²) in [6.07, 6.45) is 0. The lowest BCUT2D eigenvalue weighted by Crippen LogP contribution is -2.16. The number of anilines is 1. The number of hydrogen-bond donors (Lipinski definition) is 1. The van der Waals surface area contributed by atoms with E-state index in [1.807, 2.05) is 16.8 Å². The number of amides is 1. The van der Waals surface area contributed by atoms with Gasteiger partial charge in [-0.05, 0) is 29.6 Å². The molecule has 2 aromatic carbocycles. The van der Waals surface area contributed by atoms with Crippen molar-refractivity contribution in [3.63, 3.8) is 0 Å². The number of carbonyl (C=O) groups excluding carboxylic acids is 2. The molecule has 0 spiro atoms. The SMILES string of the molecule is O=C(Nc1ccccc1C(=O)OCc1nc(-c2ccsc2)no1)c1ccc([N+](=O)[O-])cc1Cl. The first-order valence-electron chi connectivity index (χ1n) is 9.29. The van der Waals surface area contributed by atoms with Crippen molar-refractivity contribution in [1.82, 2.24) is 10.1 Å². The number of nitrogens with zero attached hydrogens (tertiary/aromatic N) is 3. The zero-order valence-electron chi connectivity index (χ0n) is 16.6. The van der Waals surface area contributed by atoms with Crippen molar-refractivity contribution in [1.29, 1.82) is 0 Å². The summed E-state index contributed by atoms with van der Waals surface area (Å²) < 4.78 is 10.4. The molecule has 2 aromatic heterocycles. The standard InChI is InChI=1S/C21H13ClN4O6S/c22-16-9-13(26(29)30)5-6-14(16)20(27)23-17-4-2-1-3-15(17)21(28)31-10-18-24-19(25-32-18)12-7-8-33-11-12/h1-9,11H,10H2,(H,23,27). The number of thiophene rings is 1. The number of hydrogen-bond acceptors (Lipinski definition) is 9. The summed E-state index contributed by atoms with van der Waals surface area (Å²) in [5.41, 5.74) is 0.813. The summed E-state index contributed by atoms with van der Waals surface area (Å²) in [5, 5.41) is 20.9. The van der Waals surface area contributed by atoms with Crippen LogP contribution < -0.4 is 5.32 Å². The predicted molar refractivity (Wildman–Crippen MR) is 119 cm³/mol. The van der Waals surface area contributed by atoms with E-state index in [1.165, 1.54) is 29.5 Å². The van der Waals surface area contributed by atoms with Crippen molar-refractivity contribution in [3.8, 4) is 11.4 Å². The van der Waals surface area contributed by atoms with E-state index in [2.05, 4.69) is 15.5 Å². The fourth-order valence-corrected chi connectivity index (χ4v) is 3.68. The van der Waals surface area contributed by atoms with Crippen molar-refractivity contribution >= 4 is 46.2 Å². The zero-order chi connectivity index (χ0) is 23.4. The molecular formula is C21H13ClN4O6S. The first-order valence-corrected chi connectivity index (χ1v) is 10.6.